The molecule has 0 spiro atoms. The third-order valence-corrected chi connectivity index (χ3v) is 6.88. The van der Waals surface area contributed by atoms with Crippen LogP contribution in [-0.2, 0) is 32.9 Å². The van der Waals surface area contributed by atoms with Crippen LogP contribution in [0.15, 0.2) is 18.2 Å². The zero-order chi connectivity index (χ0) is 27.5. The van der Waals surface area contributed by atoms with E-state index in [2.05, 4.69) is 5.09 Å². The molecule has 1 aromatic carbocycles. The molecule has 0 radical (unpaired) electrons. The molecule has 204 valence electrons. The minimum absolute atomic E-state index is 0.297. The molecular weight excluding hydrogens is 491 g/mol. The number of esters is 1. The molecule has 0 aliphatic carbocycles. The summed E-state index contributed by atoms with van der Waals surface area (Å²) in [5.74, 6) is -2.66. The summed E-state index contributed by atoms with van der Waals surface area (Å²) in [6.45, 7) is 15.2. The fraction of sp³-hybridized carbons (Fsp3) is 0.667. The molecule has 1 aromatic rings. The Morgan fingerprint density at radius 3 is 2.39 bits per heavy atom. The molecule has 0 bridgehead atoms. The molecule has 1 heterocycles. The third-order valence-electron chi connectivity index (χ3n) is 5.36. The maximum absolute atomic E-state index is 14.1. The first kappa shape index (κ1) is 30.2. The molecule has 1 aliphatic heterocycles. The molecule has 1 unspecified atom stereocenters. The lowest BCUT2D eigenvalue weighted by atomic mass is 10.1. The number of nitrogens with one attached hydrogen (secondary N) is 2. The van der Waals surface area contributed by atoms with Crippen LogP contribution in [0, 0.1) is 19.8 Å². The normalized spacial score (nSPS) is 22.1. The summed E-state index contributed by atoms with van der Waals surface area (Å²) in [5, 5.41) is 11.8. The van der Waals surface area contributed by atoms with Crippen molar-refractivity contribution in [3.05, 3.63) is 29.3 Å². The van der Waals surface area contributed by atoms with Crippen LogP contribution in [0.25, 0.3) is 0 Å². The van der Waals surface area contributed by atoms with Crippen molar-refractivity contribution in [1.29, 1.82) is 0 Å². The van der Waals surface area contributed by atoms with Crippen molar-refractivity contribution in [2.75, 3.05) is 6.61 Å². The van der Waals surface area contributed by atoms with Crippen LogP contribution in [0.4, 0.5) is 0 Å². The first-order chi connectivity index (χ1) is 16.5. The van der Waals surface area contributed by atoms with E-state index in [4.69, 9.17) is 28.5 Å². The minimum Gasteiger partial charge on any atom is -0.459 e. The van der Waals surface area contributed by atoms with Gasteiger partial charge in [-0.3, -0.25) is 19.3 Å². The predicted octanol–water partition coefficient (Wildman–Crippen LogP) is 3.79. The fourth-order valence-corrected chi connectivity index (χ4v) is 5.19. The van der Waals surface area contributed by atoms with Gasteiger partial charge in [0.15, 0.2) is 11.9 Å². The van der Waals surface area contributed by atoms with Crippen LogP contribution in [0.2, 0.25) is 0 Å². The quantitative estimate of drug-likeness (QED) is 0.177. The van der Waals surface area contributed by atoms with Crippen LogP contribution in [0.1, 0.15) is 59.6 Å². The van der Waals surface area contributed by atoms with Gasteiger partial charge in [-0.25, -0.2) is 10.0 Å². The number of carbonyl (C=O) groups is 2. The van der Waals surface area contributed by atoms with E-state index in [-0.39, 0.29) is 5.92 Å². The molecule has 12 heteroatoms. The molecule has 3 N–H and O–H groups in total. The van der Waals surface area contributed by atoms with Crippen molar-refractivity contribution in [3.63, 3.8) is 0 Å². The summed E-state index contributed by atoms with van der Waals surface area (Å²) in [5.41, 5.74) is 2.40. The number of ether oxygens (including phenoxy) is 3. The van der Waals surface area contributed by atoms with Crippen LogP contribution in [0.5, 0.6) is 5.75 Å². The molecule has 0 saturated carbocycles. The molecule has 1 saturated heterocycles. The minimum atomic E-state index is -4.26. The lowest BCUT2D eigenvalue weighted by molar-refractivity contribution is -0.160. The summed E-state index contributed by atoms with van der Waals surface area (Å²) >= 11 is 0. The average Bonchev–Trinajstić information content (AvgIpc) is 3.06. The number of carbonyl (C=O) groups excluding carboxylic acids is 2. The zero-order valence-corrected chi connectivity index (χ0v) is 23.3. The van der Waals surface area contributed by atoms with Crippen LogP contribution in [0.3, 0.4) is 0 Å². The summed E-state index contributed by atoms with van der Waals surface area (Å²) in [7, 11) is -4.26. The number of rotatable bonds is 10. The van der Waals surface area contributed by atoms with E-state index < -0.39 is 55.9 Å². The monoisotopic (exact) mass is 530 g/mol. The topological polar surface area (TPSA) is 142 Å². The van der Waals surface area contributed by atoms with Crippen molar-refractivity contribution in [3.8, 4) is 5.75 Å². The van der Waals surface area contributed by atoms with Gasteiger partial charge < -0.3 is 18.7 Å². The Labute approximate surface area is 212 Å². The van der Waals surface area contributed by atoms with E-state index in [9.17, 15) is 14.2 Å². The van der Waals surface area contributed by atoms with E-state index in [1.165, 1.54) is 5.48 Å². The Balaban J connectivity index is 2.37. The van der Waals surface area contributed by atoms with E-state index in [1.807, 2.05) is 13.0 Å². The molecule has 36 heavy (non-hydrogen) atoms. The van der Waals surface area contributed by atoms with E-state index >= 15 is 0 Å². The number of hydrogen-bond donors (Lipinski definition) is 3. The van der Waals surface area contributed by atoms with Gasteiger partial charge in [0, 0.05) is 0 Å². The molecule has 11 nitrogen and oxygen atoms in total. The highest BCUT2D eigenvalue weighted by Crippen LogP contribution is 2.47. The Morgan fingerprint density at radius 1 is 1.19 bits per heavy atom. The maximum atomic E-state index is 14.1. The van der Waals surface area contributed by atoms with Gasteiger partial charge in [-0.2, -0.15) is 5.09 Å². The second-order valence-corrected chi connectivity index (χ2v) is 12.2. The van der Waals surface area contributed by atoms with Gasteiger partial charge in [-0.05, 0) is 71.6 Å². The average molecular weight is 531 g/mol. The summed E-state index contributed by atoms with van der Waals surface area (Å²) in [4.78, 5) is 25.0. The first-order valence-corrected chi connectivity index (χ1v) is 13.3. The molecule has 1 fully saturated rings. The molecule has 0 aromatic heterocycles. The molecule has 2 rings (SSSR count). The standard InChI is InChI=1S/C24H39N2O9P/c1-14(2)19(22(28)34-23(5,6)7)26-36(30,35-17-12-10-11-15(3)16(17)4)31-13-18-20(21(27)25-29)33-24(8,9)32-18/h10-12,14,18-20,29H,13H2,1-9H3,(H,25,27)(H,26,30)/t18-,19+,20-,36?/m1/s1. The van der Waals surface area contributed by atoms with Crippen LogP contribution < -0.4 is 15.1 Å². The second kappa shape index (κ2) is 11.6. The summed E-state index contributed by atoms with van der Waals surface area (Å²) in [6.07, 6.45) is -2.26. The van der Waals surface area contributed by atoms with Crippen molar-refractivity contribution < 1.29 is 42.6 Å². The van der Waals surface area contributed by atoms with Gasteiger partial charge >= 0.3 is 13.7 Å². The van der Waals surface area contributed by atoms with Gasteiger partial charge in [0.1, 0.15) is 23.5 Å². The number of amides is 1. The highest BCUT2D eigenvalue weighted by molar-refractivity contribution is 7.52. The van der Waals surface area contributed by atoms with Crippen molar-refractivity contribution in [2.24, 2.45) is 5.92 Å². The Hall–Kier alpha value is -2.01. The van der Waals surface area contributed by atoms with Gasteiger partial charge in [-0.15, -0.1) is 0 Å². The predicted molar refractivity (Wildman–Crippen MR) is 131 cm³/mol. The van der Waals surface area contributed by atoms with Crippen LogP contribution >= 0.6 is 7.75 Å². The van der Waals surface area contributed by atoms with E-state index in [1.54, 1.807) is 67.5 Å². The Bertz CT molecular complexity index is 990. The second-order valence-electron chi connectivity index (χ2n) is 10.5. The lowest BCUT2D eigenvalue weighted by Crippen LogP contribution is -2.45. The molecular formula is C24H39N2O9P. The smallest absolute Gasteiger partial charge is 0.459 e. The van der Waals surface area contributed by atoms with Crippen molar-refractivity contribution >= 4 is 19.6 Å². The fourth-order valence-electron chi connectivity index (χ4n) is 3.47. The number of hydroxylamine groups is 1. The number of benzene rings is 1. The Morgan fingerprint density at radius 2 is 1.83 bits per heavy atom. The van der Waals surface area contributed by atoms with Gasteiger partial charge in [-0.1, -0.05) is 26.0 Å². The third kappa shape index (κ3) is 8.26. The maximum Gasteiger partial charge on any atom is 0.459 e. The highest BCUT2D eigenvalue weighted by Gasteiger charge is 2.47. The molecule has 4 atom stereocenters. The van der Waals surface area contributed by atoms with Crippen molar-refractivity contribution in [2.45, 2.75) is 92.0 Å². The Kier molecular flexibility index (Phi) is 9.72. The zero-order valence-electron chi connectivity index (χ0n) is 22.4. The SMILES string of the molecule is Cc1cccc(OP(=O)(N[C@H](C(=O)OC(C)(C)C)C(C)C)OC[C@H]2OC(C)(C)O[C@H]2C(=O)NO)c1C. The van der Waals surface area contributed by atoms with Gasteiger partial charge in [0.25, 0.3) is 5.91 Å². The van der Waals surface area contributed by atoms with E-state index in [0.29, 0.717) is 5.75 Å². The lowest BCUT2D eigenvalue weighted by Gasteiger charge is -2.30. The molecule has 1 amide bonds. The number of aryl methyl sites for hydroxylation is 1. The van der Waals surface area contributed by atoms with Gasteiger partial charge in [0.05, 0.1) is 6.61 Å². The largest absolute Gasteiger partial charge is 0.459 e. The first-order valence-electron chi connectivity index (χ1n) is 11.8. The number of hydrogen-bond acceptors (Lipinski definition) is 9. The van der Waals surface area contributed by atoms with Crippen molar-refractivity contribution in [1.82, 2.24) is 10.6 Å². The van der Waals surface area contributed by atoms with Gasteiger partial charge in [0.2, 0.25) is 0 Å². The summed E-state index contributed by atoms with van der Waals surface area (Å²) in [6, 6.07) is 4.23. The van der Waals surface area contributed by atoms with E-state index in [0.717, 1.165) is 11.1 Å². The summed E-state index contributed by atoms with van der Waals surface area (Å²) < 4.78 is 42.5. The highest BCUT2D eigenvalue weighted by atomic mass is 31.2. The van der Waals surface area contributed by atoms with Crippen LogP contribution in [-0.4, -0.2) is 53.3 Å². The molecule has 1 aliphatic rings.